The van der Waals surface area contributed by atoms with E-state index in [1.54, 1.807) is 6.07 Å². The number of likely N-dealkylation sites (tertiary alicyclic amines) is 1. The molecule has 0 saturated carbocycles. The molecule has 0 radical (unpaired) electrons. The molecule has 0 unspecified atom stereocenters. The average Bonchev–Trinajstić information content (AvgIpc) is 2.90. The highest BCUT2D eigenvalue weighted by Crippen LogP contribution is 2.33. The molecule has 3 rings (SSSR count). The fourth-order valence-electron chi connectivity index (χ4n) is 3.25. The van der Waals surface area contributed by atoms with Crippen LogP contribution in [0.5, 0.6) is 0 Å². The zero-order chi connectivity index (χ0) is 15.7. The number of halogens is 1. The summed E-state index contributed by atoms with van der Waals surface area (Å²) in [7, 11) is 0. The van der Waals surface area contributed by atoms with Gasteiger partial charge in [-0.3, -0.25) is 0 Å². The summed E-state index contributed by atoms with van der Waals surface area (Å²) in [4.78, 5) is 2.40. The van der Waals surface area contributed by atoms with Crippen LogP contribution in [0.2, 0.25) is 0 Å². The third-order valence-electron chi connectivity index (χ3n) is 4.52. The third kappa shape index (κ3) is 3.15. The first-order chi connectivity index (χ1) is 10.5. The van der Waals surface area contributed by atoms with Crippen molar-refractivity contribution in [3.63, 3.8) is 0 Å². The molecular weight excluding hydrogens is 283 g/mol. The molecular formula is C17H23FN2O2. The predicted molar refractivity (Wildman–Crippen MR) is 83.2 cm³/mol. The summed E-state index contributed by atoms with van der Waals surface area (Å²) in [5.41, 5.74) is 1.42. The van der Waals surface area contributed by atoms with E-state index in [1.807, 2.05) is 0 Å². The minimum Gasteiger partial charge on any atom is -0.396 e. The van der Waals surface area contributed by atoms with Crippen molar-refractivity contribution in [2.45, 2.75) is 32.6 Å². The lowest BCUT2D eigenvalue weighted by Gasteiger charge is -2.36. The molecule has 5 heteroatoms. The lowest BCUT2D eigenvalue weighted by atomic mass is 9.89. The minimum atomic E-state index is -0.295. The highest BCUT2D eigenvalue weighted by Gasteiger charge is 2.28. The Morgan fingerprint density at radius 3 is 2.77 bits per heavy atom. The monoisotopic (exact) mass is 306 g/mol. The van der Waals surface area contributed by atoms with Gasteiger partial charge in [-0.15, -0.1) is 0 Å². The summed E-state index contributed by atoms with van der Waals surface area (Å²) in [6.07, 6.45) is 2.03. The summed E-state index contributed by atoms with van der Waals surface area (Å²) < 4.78 is 18.5. The molecule has 0 atom stereocenters. The highest BCUT2D eigenvalue weighted by molar-refractivity contribution is 5.79. The molecule has 0 aliphatic carbocycles. The topological polar surface area (TPSA) is 49.5 Å². The maximum atomic E-state index is 13.2. The second-order valence-corrected chi connectivity index (χ2v) is 7.08. The number of benzene rings is 1. The molecule has 0 bridgehead atoms. The molecule has 0 spiro atoms. The highest BCUT2D eigenvalue weighted by atomic mass is 19.1. The zero-order valence-electron chi connectivity index (χ0n) is 13.2. The average molecular weight is 306 g/mol. The van der Waals surface area contributed by atoms with Crippen molar-refractivity contribution in [3.8, 4) is 0 Å². The summed E-state index contributed by atoms with van der Waals surface area (Å²) in [6, 6.07) is 4.62. The third-order valence-corrected chi connectivity index (χ3v) is 4.52. The smallest absolute Gasteiger partial charge is 0.170 e. The van der Waals surface area contributed by atoms with Crippen LogP contribution in [-0.4, -0.2) is 41.4 Å². The molecule has 1 aromatic heterocycles. The van der Waals surface area contributed by atoms with Crippen LogP contribution >= 0.6 is 0 Å². The van der Waals surface area contributed by atoms with Crippen LogP contribution < -0.4 is 0 Å². The van der Waals surface area contributed by atoms with Crippen molar-refractivity contribution in [3.05, 3.63) is 29.7 Å². The van der Waals surface area contributed by atoms with Gasteiger partial charge in [0, 0.05) is 35.9 Å². The molecule has 22 heavy (non-hydrogen) atoms. The van der Waals surface area contributed by atoms with Crippen LogP contribution in [0, 0.1) is 11.2 Å². The van der Waals surface area contributed by atoms with Gasteiger partial charge in [0.15, 0.2) is 5.58 Å². The Balaban J connectivity index is 1.68. The van der Waals surface area contributed by atoms with Gasteiger partial charge in [0.05, 0.1) is 5.69 Å². The summed E-state index contributed by atoms with van der Waals surface area (Å²) >= 11 is 0. The predicted octanol–water partition coefficient (Wildman–Crippen LogP) is 3.16. The van der Waals surface area contributed by atoms with Crippen LogP contribution in [0.4, 0.5) is 4.39 Å². The van der Waals surface area contributed by atoms with Crippen molar-refractivity contribution in [2.75, 3.05) is 26.2 Å². The number of hydrogen-bond acceptors (Lipinski definition) is 4. The maximum Gasteiger partial charge on any atom is 0.170 e. The Kier molecular flexibility index (Phi) is 4.19. The van der Waals surface area contributed by atoms with Crippen molar-refractivity contribution >= 4 is 11.0 Å². The molecule has 1 fully saturated rings. The summed E-state index contributed by atoms with van der Waals surface area (Å²) in [5, 5.41) is 14.5. The van der Waals surface area contributed by atoms with Gasteiger partial charge in [-0.25, -0.2) is 4.39 Å². The first-order valence-electron chi connectivity index (χ1n) is 7.86. The Bertz CT molecular complexity index is 645. The number of aromatic nitrogens is 1. The van der Waals surface area contributed by atoms with Gasteiger partial charge in [-0.1, -0.05) is 19.0 Å². The molecule has 120 valence electrons. The Labute approximate surface area is 129 Å². The van der Waals surface area contributed by atoms with E-state index in [0.717, 1.165) is 43.6 Å². The van der Waals surface area contributed by atoms with Gasteiger partial charge in [-0.05, 0) is 38.1 Å². The Morgan fingerprint density at radius 2 is 2.09 bits per heavy atom. The number of rotatable bonds is 4. The van der Waals surface area contributed by atoms with Gasteiger partial charge in [0.25, 0.3) is 0 Å². The van der Waals surface area contributed by atoms with E-state index in [-0.39, 0.29) is 17.8 Å². The summed E-state index contributed by atoms with van der Waals surface area (Å²) in [5.74, 6) is 0.0662. The number of fused-ring (bicyclic) bond motifs is 1. The second kappa shape index (κ2) is 5.97. The van der Waals surface area contributed by atoms with E-state index in [2.05, 4.69) is 23.9 Å². The van der Waals surface area contributed by atoms with Gasteiger partial charge in [-0.2, -0.15) is 0 Å². The van der Waals surface area contributed by atoms with Gasteiger partial charge in [0.2, 0.25) is 0 Å². The van der Waals surface area contributed by atoms with Crippen LogP contribution in [0.15, 0.2) is 22.7 Å². The van der Waals surface area contributed by atoms with Crippen LogP contribution in [-0.2, 0) is 0 Å². The molecule has 0 amide bonds. The summed E-state index contributed by atoms with van der Waals surface area (Å²) in [6.45, 7) is 7.25. The molecule has 1 N–H and O–H groups in total. The van der Waals surface area contributed by atoms with E-state index in [1.165, 1.54) is 12.1 Å². The van der Waals surface area contributed by atoms with Crippen molar-refractivity contribution in [1.29, 1.82) is 0 Å². The van der Waals surface area contributed by atoms with Gasteiger partial charge >= 0.3 is 0 Å². The van der Waals surface area contributed by atoms with Gasteiger partial charge < -0.3 is 14.5 Å². The number of aliphatic hydroxyl groups excluding tert-OH is 1. The van der Waals surface area contributed by atoms with Crippen molar-refractivity contribution < 1.29 is 14.0 Å². The minimum absolute atomic E-state index is 0.0645. The van der Waals surface area contributed by atoms with Crippen LogP contribution in [0.25, 0.3) is 11.0 Å². The Morgan fingerprint density at radius 1 is 1.36 bits per heavy atom. The number of piperidine rings is 1. The first-order valence-corrected chi connectivity index (χ1v) is 7.86. The van der Waals surface area contributed by atoms with Crippen LogP contribution in [0.1, 0.15) is 38.3 Å². The van der Waals surface area contributed by atoms with Gasteiger partial charge in [0.1, 0.15) is 5.82 Å². The number of aliphatic hydroxyl groups is 1. The van der Waals surface area contributed by atoms with Crippen LogP contribution in [0.3, 0.4) is 0 Å². The van der Waals surface area contributed by atoms with E-state index in [9.17, 15) is 9.50 Å². The fourth-order valence-corrected chi connectivity index (χ4v) is 3.25. The quantitative estimate of drug-likeness (QED) is 0.942. The Hall–Kier alpha value is -1.46. The first kappa shape index (κ1) is 15.4. The van der Waals surface area contributed by atoms with E-state index < -0.39 is 0 Å². The fraction of sp³-hybridized carbons (Fsp3) is 0.588. The lowest BCUT2D eigenvalue weighted by molar-refractivity contribution is 0.0882. The SMILES string of the molecule is CC(C)(CO)CN1CCC(c2noc3cc(F)ccc23)CC1. The molecule has 2 aromatic rings. The molecule has 1 saturated heterocycles. The zero-order valence-corrected chi connectivity index (χ0v) is 13.2. The van der Waals surface area contributed by atoms with Crippen molar-refractivity contribution in [2.24, 2.45) is 5.41 Å². The maximum absolute atomic E-state index is 13.2. The number of nitrogens with zero attached hydrogens (tertiary/aromatic N) is 2. The second-order valence-electron chi connectivity index (χ2n) is 7.08. The lowest BCUT2D eigenvalue weighted by Crippen LogP contribution is -2.40. The molecule has 1 aliphatic heterocycles. The number of hydrogen-bond donors (Lipinski definition) is 1. The van der Waals surface area contributed by atoms with E-state index in [0.29, 0.717) is 11.5 Å². The molecule has 4 nitrogen and oxygen atoms in total. The van der Waals surface area contributed by atoms with E-state index in [4.69, 9.17) is 4.52 Å². The van der Waals surface area contributed by atoms with Crippen molar-refractivity contribution in [1.82, 2.24) is 10.1 Å². The largest absolute Gasteiger partial charge is 0.396 e. The molecule has 1 aromatic carbocycles. The molecule has 1 aliphatic rings. The standard InChI is InChI=1S/C17H23FN2O2/c1-17(2,11-21)10-20-7-5-12(6-8-20)16-14-4-3-13(18)9-15(14)22-19-16/h3-4,9,12,21H,5-8,10-11H2,1-2H3. The molecule has 2 heterocycles. The van der Waals surface area contributed by atoms with E-state index >= 15 is 0 Å². The normalized spacial score (nSPS) is 18.2.